The van der Waals surface area contributed by atoms with Gasteiger partial charge in [-0.05, 0) is 85.2 Å². The molecule has 3 aromatic rings. The van der Waals surface area contributed by atoms with E-state index in [0.29, 0.717) is 5.75 Å². The molecule has 0 radical (unpaired) electrons. The summed E-state index contributed by atoms with van der Waals surface area (Å²) in [4.78, 5) is 20.7. The summed E-state index contributed by atoms with van der Waals surface area (Å²) in [5.41, 5.74) is 6.87. The molecule has 7 heteroatoms. The number of benzene rings is 3. The molecule has 0 unspecified atom stereocenters. The summed E-state index contributed by atoms with van der Waals surface area (Å²) in [7, 11) is 0. The largest absolute Gasteiger partial charge is 0.454 e. The van der Waals surface area contributed by atoms with Crippen LogP contribution in [0, 0.1) is 6.92 Å². The van der Waals surface area contributed by atoms with E-state index in [1.165, 1.54) is 0 Å². The zero-order valence-electron chi connectivity index (χ0n) is 23.4. The first-order chi connectivity index (χ1) is 19.5. The van der Waals surface area contributed by atoms with Gasteiger partial charge in [0.25, 0.3) is 0 Å². The first-order valence-corrected chi connectivity index (χ1v) is 14.3. The Balaban J connectivity index is 1.10. The molecule has 1 saturated carbocycles. The first-order valence-electron chi connectivity index (χ1n) is 14.3. The monoisotopic (exact) mass is 539 g/mol. The molecule has 0 spiro atoms. The van der Waals surface area contributed by atoms with Crippen molar-refractivity contribution in [2.45, 2.75) is 38.5 Å². The van der Waals surface area contributed by atoms with Crippen LogP contribution in [0.15, 0.2) is 65.7 Å². The molecule has 0 bridgehead atoms. The predicted molar refractivity (Wildman–Crippen MR) is 158 cm³/mol. The van der Waals surface area contributed by atoms with Crippen molar-refractivity contribution < 1.29 is 19.0 Å². The Kier molecular flexibility index (Phi) is 7.59. The molecule has 0 aromatic heterocycles. The van der Waals surface area contributed by atoms with Gasteiger partial charge in [0.2, 0.25) is 12.7 Å². The lowest BCUT2D eigenvalue weighted by Gasteiger charge is -2.26. The number of fused-ring (bicyclic) bond motifs is 1. The maximum atomic E-state index is 13.4. The number of carbonyl (C=O) groups is 1. The van der Waals surface area contributed by atoms with E-state index in [9.17, 15) is 4.79 Å². The van der Waals surface area contributed by atoms with Crippen molar-refractivity contribution in [3.63, 3.8) is 0 Å². The summed E-state index contributed by atoms with van der Waals surface area (Å²) >= 11 is 0. The average molecular weight is 540 g/mol. The number of carbonyl (C=O) groups excluding carboxylic acids is 1. The van der Waals surface area contributed by atoms with Crippen LogP contribution >= 0.6 is 0 Å². The number of hydrogen-bond acceptors (Lipinski definition) is 6. The summed E-state index contributed by atoms with van der Waals surface area (Å²) in [5, 5.41) is 3.19. The van der Waals surface area contributed by atoms with E-state index in [4.69, 9.17) is 19.2 Å². The molecule has 1 saturated heterocycles. The van der Waals surface area contributed by atoms with Gasteiger partial charge in [-0.1, -0.05) is 36.4 Å². The van der Waals surface area contributed by atoms with Crippen LogP contribution in [0.1, 0.15) is 42.9 Å². The molecule has 40 heavy (non-hydrogen) atoms. The second-order valence-corrected chi connectivity index (χ2v) is 11.0. The predicted octanol–water partition coefficient (Wildman–Crippen LogP) is 5.59. The molecule has 3 aliphatic rings. The van der Waals surface area contributed by atoms with Gasteiger partial charge in [-0.3, -0.25) is 14.7 Å². The maximum Gasteiger partial charge on any atom is 0.235 e. The quantitative estimate of drug-likeness (QED) is 0.283. The third-order valence-electron chi connectivity index (χ3n) is 8.30. The fraction of sp³-hybridized carbons (Fsp3) is 0.394. The highest BCUT2D eigenvalue weighted by Gasteiger charge is 2.51. The van der Waals surface area contributed by atoms with Crippen LogP contribution in [0.4, 0.5) is 5.69 Å². The van der Waals surface area contributed by atoms with Crippen molar-refractivity contribution in [1.82, 2.24) is 4.90 Å². The molecule has 1 N–H and O–H groups in total. The van der Waals surface area contributed by atoms with Gasteiger partial charge >= 0.3 is 0 Å². The van der Waals surface area contributed by atoms with E-state index in [2.05, 4.69) is 60.5 Å². The van der Waals surface area contributed by atoms with E-state index < -0.39 is 5.41 Å². The van der Waals surface area contributed by atoms with Crippen molar-refractivity contribution in [2.24, 2.45) is 4.99 Å². The molecule has 1 amide bonds. The lowest BCUT2D eigenvalue weighted by Crippen LogP contribution is -2.37. The number of hydrogen-bond donors (Lipinski definition) is 1. The third-order valence-corrected chi connectivity index (χ3v) is 8.30. The minimum absolute atomic E-state index is 0.0250. The van der Waals surface area contributed by atoms with Crippen LogP contribution in [0.3, 0.4) is 0 Å². The molecule has 0 atom stereocenters. The lowest BCUT2D eigenvalue weighted by atomic mass is 9.94. The Labute approximate surface area is 236 Å². The molecule has 1 aliphatic carbocycles. The van der Waals surface area contributed by atoms with Gasteiger partial charge in [-0.15, -0.1) is 0 Å². The van der Waals surface area contributed by atoms with Gasteiger partial charge in [0, 0.05) is 37.6 Å². The highest BCUT2D eigenvalue weighted by molar-refractivity contribution is 6.02. The Morgan fingerprint density at radius 3 is 2.52 bits per heavy atom. The van der Waals surface area contributed by atoms with Crippen LogP contribution in [0.5, 0.6) is 11.5 Å². The fourth-order valence-corrected chi connectivity index (χ4v) is 5.58. The number of ether oxygens (including phenoxy) is 3. The minimum Gasteiger partial charge on any atom is -0.454 e. The summed E-state index contributed by atoms with van der Waals surface area (Å²) in [6, 6.07) is 20.5. The molecule has 3 aromatic carbocycles. The molecule has 2 heterocycles. The molecule has 208 valence electrons. The van der Waals surface area contributed by atoms with Crippen molar-refractivity contribution in [2.75, 3.05) is 51.5 Å². The second kappa shape index (κ2) is 11.4. The number of aryl methyl sites for hydroxylation is 1. The second-order valence-electron chi connectivity index (χ2n) is 11.0. The highest BCUT2D eigenvalue weighted by atomic mass is 16.7. The van der Waals surface area contributed by atoms with E-state index in [0.717, 1.165) is 104 Å². The maximum absolute atomic E-state index is 13.4. The Bertz CT molecular complexity index is 1410. The Hall–Kier alpha value is -3.68. The minimum atomic E-state index is -0.507. The van der Waals surface area contributed by atoms with Gasteiger partial charge in [0.1, 0.15) is 0 Å². The molecular formula is C33H37N3O4. The highest BCUT2D eigenvalue weighted by Crippen LogP contribution is 2.51. The number of aliphatic imine (C=N–C) groups is 1. The summed E-state index contributed by atoms with van der Waals surface area (Å²) < 4.78 is 16.4. The standard InChI is InChI=1S/C33H37N3O4/c1-23-4-10-28(35-32(37)33(12-13-33)27-9-11-30-31(20-27)40-22-39-30)21-29(23)26-7-5-25(6-8-26)24(2)34-14-3-15-36-16-18-38-19-17-36/h4-11,20-21H,3,12-19,22H2,1-2H3,(H,35,37). The smallest absolute Gasteiger partial charge is 0.235 e. The van der Waals surface area contributed by atoms with Crippen LogP contribution in [0.2, 0.25) is 0 Å². The Morgan fingerprint density at radius 2 is 1.75 bits per heavy atom. The molecule has 2 aliphatic heterocycles. The zero-order valence-corrected chi connectivity index (χ0v) is 23.4. The zero-order chi connectivity index (χ0) is 27.5. The number of anilines is 1. The van der Waals surface area contributed by atoms with Crippen molar-refractivity contribution in [3.05, 3.63) is 77.4 Å². The average Bonchev–Trinajstić information content (AvgIpc) is 3.67. The number of nitrogens with one attached hydrogen (secondary N) is 1. The molecule has 6 rings (SSSR count). The van der Waals surface area contributed by atoms with Crippen LogP contribution in [-0.4, -0.2) is 62.7 Å². The Morgan fingerprint density at radius 1 is 0.975 bits per heavy atom. The summed E-state index contributed by atoms with van der Waals surface area (Å²) in [5.74, 6) is 1.47. The van der Waals surface area contributed by atoms with Crippen LogP contribution in [0.25, 0.3) is 11.1 Å². The van der Waals surface area contributed by atoms with Gasteiger partial charge < -0.3 is 19.5 Å². The normalized spacial score (nSPS) is 18.0. The summed E-state index contributed by atoms with van der Waals surface area (Å²) in [6.07, 6.45) is 2.71. The number of nitrogens with zero attached hydrogens (tertiary/aromatic N) is 2. The van der Waals surface area contributed by atoms with Crippen LogP contribution in [-0.2, 0) is 14.9 Å². The van der Waals surface area contributed by atoms with Crippen molar-refractivity contribution >= 4 is 17.3 Å². The van der Waals surface area contributed by atoms with E-state index in [1.807, 2.05) is 24.3 Å². The number of rotatable bonds is 9. The molecular weight excluding hydrogens is 502 g/mol. The van der Waals surface area contributed by atoms with Gasteiger partial charge in [-0.2, -0.15) is 0 Å². The van der Waals surface area contributed by atoms with E-state index in [-0.39, 0.29) is 12.7 Å². The fourth-order valence-electron chi connectivity index (χ4n) is 5.58. The van der Waals surface area contributed by atoms with Crippen LogP contribution < -0.4 is 14.8 Å². The number of amides is 1. The SMILES string of the molecule is CC(=NCCCN1CCOCC1)c1ccc(-c2cc(NC(=O)C3(c4ccc5c(c4)OCO5)CC3)ccc2C)cc1. The topological polar surface area (TPSA) is 72.4 Å². The lowest BCUT2D eigenvalue weighted by molar-refractivity contribution is -0.118. The third kappa shape index (κ3) is 5.62. The van der Waals surface area contributed by atoms with Crippen molar-refractivity contribution in [3.8, 4) is 22.6 Å². The van der Waals surface area contributed by atoms with Crippen molar-refractivity contribution in [1.29, 1.82) is 0 Å². The van der Waals surface area contributed by atoms with E-state index >= 15 is 0 Å². The van der Waals surface area contributed by atoms with Gasteiger partial charge in [0.05, 0.1) is 18.6 Å². The van der Waals surface area contributed by atoms with Gasteiger partial charge in [0.15, 0.2) is 11.5 Å². The summed E-state index contributed by atoms with van der Waals surface area (Å²) in [6.45, 7) is 10.0. The van der Waals surface area contributed by atoms with E-state index in [1.54, 1.807) is 0 Å². The number of morpholine rings is 1. The first kappa shape index (κ1) is 26.5. The molecule has 2 fully saturated rings. The molecule has 7 nitrogen and oxygen atoms in total. The van der Waals surface area contributed by atoms with Gasteiger partial charge in [-0.25, -0.2) is 0 Å².